The van der Waals surface area contributed by atoms with E-state index in [9.17, 15) is 5.26 Å². The number of nitrogens with zero attached hydrogens (tertiary/aromatic N) is 6. The van der Waals surface area contributed by atoms with Crippen molar-refractivity contribution in [1.82, 2.24) is 19.5 Å². The maximum atomic E-state index is 9.75. The van der Waals surface area contributed by atoms with E-state index in [-0.39, 0.29) is 0 Å². The number of hydrogen-bond acceptors (Lipinski definition) is 5. The largest absolute Gasteiger partial charge is 0.309 e. The second-order valence-electron chi connectivity index (χ2n) is 17.2. The van der Waals surface area contributed by atoms with E-state index in [2.05, 4.69) is 193 Å². The first-order chi connectivity index (χ1) is 33.6. The van der Waals surface area contributed by atoms with Crippen LogP contribution in [-0.4, -0.2) is 19.5 Å². The molecule has 13 rings (SSSR count). The van der Waals surface area contributed by atoms with Crippen LogP contribution in [0, 0.1) is 11.3 Å². The minimum atomic E-state index is 0.460. The zero-order valence-corrected chi connectivity index (χ0v) is 36.6. The van der Waals surface area contributed by atoms with Gasteiger partial charge in [0.25, 0.3) is 0 Å². The van der Waals surface area contributed by atoms with Crippen LogP contribution < -0.4 is 4.90 Å². The number of aromatic nitrogens is 4. The molecule has 0 aliphatic rings. The Morgan fingerprint density at radius 3 is 1.53 bits per heavy atom. The molecule has 0 fully saturated rings. The Hall–Kier alpha value is -9.44. The topological polar surface area (TPSA) is 70.6 Å². The maximum Gasteiger partial charge on any atom is 0.238 e. The van der Waals surface area contributed by atoms with Crippen molar-refractivity contribution in [2.45, 2.75) is 0 Å². The van der Waals surface area contributed by atoms with Crippen LogP contribution in [-0.2, 0) is 0 Å². The summed E-state index contributed by atoms with van der Waals surface area (Å²) in [5.74, 6) is 1.58. The lowest BCUT2D eigenvalue weighted by molar-refractivity contribution is 1.02. The van der Waals surface area contributed by atoms with Gasteiger partial charge in [-0.15, -0.1) is 0 Å². The monoisotopic (exact) mass is 866 g/mol. The molecular weight excluding hydrogens is 829 g/mol. The normalized spacial score (nSPS) is 11.5. The predicted molar refractivity (Wildman–Crippen MR) is 279 cm³/mol. The van der Waals surface area contributed by atoms with Crippen LogP contribution in [0.15, 0.2) is 231 Å². The summed E-state index contributed by atoms with van der Waals surface area (Å²) in [6.45, 7) is 0. The number of anilines is 3. The van der Waals surface area contributed by atoms with Gasteiger partial charge >= 0.3 is 0 Å². The minimum Gasteiger partial charge on any atom is -0.309 e. The molecule has 68 heavy (non-hydrogen) atoms. The number of nitriles is 1. The van der Waals surface area contributed by atoms with Crippen molar-refractivity contribution in [1.29, 1.82) is 5.26 Å². The Balaban J connectivity index is 0.894. The highest BCUT2D eigenvalue weighted by Crippen LogP contribution is 2.43. The summed E-state index contributed by atoms with van der Waals surface area (Å²) >= 11 is 0. The molecule has 0 N–H and O–H groups in total. The number of hydrogen-bond donors (Lipinski definition) is 0. The van der Waals surface area contributed by atoms with E-state index in [1.165, 1.54) is 38.1 Å². The molecule has 2 heterocycles. The van der Waals surface area contributed by atoms with Crippen molar-refractivity contribution in [2.24, 2.45) is 0 Å². The summed E-state index contributed by atoms with van der Waals surface area (Å²) in [5.41, 5.74) is 12.2. The molecule has 0 bridgehead atoms. The average molecular weight is 867 g/mol. The maximum absolute atomic E-state index is 9.75. The zero-order valence-electron chi connectivity index (χ0n) is 36.6. The summed E-state index contributed by atoms with van der Waals surface area (Å²) < 4.78 is 2.39. The standard InChI is InChI=1S/C62H38N6/c63-39-40-17-30-52(31-18-40)67(62-65-60(49-25-21-41-9-4-6-11-47(41)37-49)64-61(66-62)50-26-22-42-10-5-7-12-48(42)38-50)53-32-27-44(28-33-53)43-19-23-45(24-20-43)54-35-36-57-59-55(54)34-29-46-13-8-16-56(58(46)59)68(57)51-14-2-1-3-15-51/h1-38H. The van der Waals surface area contributed by atoms with Gasteiger partial charge < -0.3 is 4.57 Å². The van der Waals surface area contributed by atoms with E-state index in [1.807, 2.05) is 53.4 Å². The Morgan fingerprint density at radius 2 is 0.897 bits per heavy atom. The van der Waals surface area contributed by atoms with E-state index in [1.54, 1.807) is 0 Å². The summed E-state index contributed by atoms with van der Waals surface area (Å²) in [6.07, 6.45) is 0. The van der Waals surface area contributed by atoms with E-state index in [4.69, 9.17) is 15.0 Å². The number of para-hydroxylation sites is 1. The third-order valence-electron chi connectivity index (χ3n) is 13.2. The van der Waals surface area contributed by atoms with Crippen LogP contribution in [0.4, 0.5) is 17.3 Å². The van der Waals surface area contributed by atoms with Gasteiger partial charge in [0.2, 0.25) is 5.95 Å². The molecule has 0 aliphatic carbocycles. The SMILES string of the molecule is N#Cc1ccc(N(c2ccc(-c3ccc(-c4ccc5c6c4ccc4cccc(c46)n5-c4ccccc4)cc3)cc2)c2nc(-c3ccc4ccccc4c3)nc(-c3ccc4ccccc4c3)n2)cc1. The molecular formula is C62H38N6. The number of rotatable bonds is 8. The molecule has 2 aromatic heterocycles. The summed E-state index contributed by atoms with van der Waals surface area (Å²) in [7, 11) is 0. The molecule has 11 aromatic carbocycles. The fourth-order valence-corrected chi connectivity index (χ4v) is 9.89. The van der Waals surface area contributed by atoms with Gasteiger partial charge in [-0.05, 0) is 127 Å². The predicted octanol–water partition coefficient (Wildman–Crippen LogP) is 15.9. The van der Waals surface area contributed by atoms with Gasteiger partial charge in [-0.2, -0.15) is 15.2 Å². The summed E-state index contributed by atoms with van der Waals surface area (Å²) in [4.78, 5) is 17.6. The van der Waals surface area contributed by atoms with Gasteiger partial charge in [-0.25, -0.2) is 4.98 Å². The third kappa shape index (κ3) is 6.61. The quantitative estimate of drug-likeness (QED) is 0.142. The molecule has 0 spiro atoms. The second-order valence-corrected chi connectivity index (χ2v) is 17.2. The van der Waals surface area contributed by atoms with Crippen molar-refractivity contribution in [2.75, 3.05) is 4.90 Å². The summed E-state index contributed by atoms with van der Waals surface area (Å²) in [5, 5.41) is 19.3. The lowest BCUT2D eigenvalue weighted by Gasteiger charge is -2.24. The van der Waals surface area contributed by atoms with Crippen molar-refractivity contribution in [3.63, 3.8) is 0 Å². The Bertz CT molecular complexity index is 3980. The molecule has 316 valence electrons. The zero-order chi connectivity index (χ0) is 45.1. The Kier molecular flexibility index (Phi) is 9.12. The lowest BCUT2D eigenvalue weighted by Crippen LogP contribution is -2.15. The summed E-state index contributed by atoms with van der Waals surface area (Å²) in [6, 6.07) is 82.8. The molecule has 13 aromatic rings. The first-order valence-electron chi connectivity index (χ1n) is 22.7. The smallest absolute Gasteiger partial charge is 0.238 e. The highest BCUT2D eigenvalue weighted by atomic mass is 15.3. The van der Waals surface area contributed by atoms with Crippen molar-refractivity contribution in [3.8, 4) is 56.8 Å². The van der Waals surface area contributed by atoms with Gasteiger partial charge in [0.05, 0.1) is 22.7 Å². The molecule has 0 amide bonds. The van der Waals surface area contributed by atoms with Gasteiger partial charge in [-0.1, -0.05) is 158 Å². The van der Waals surface area contributed by atoms with E-state index >= 15 is 0 Å². The van der Waals surface area contributed by atoms with Crippen LogP contribution in [0.3, 0.4) is 0 Å². The van der Waals surface area contributed by atoms with E-state index < -0.39 is 0 Å². The third-order valence-corrected chi connectivity index (χ3v) is 13.2. The van der Waals surface area contributed by atoms with Crippen LogP contribution in [0.25, 0.3) is 105 Å². The highest BCUT2D eigenvalue weighted by Gasteiger charge is 2.22. The van der Waals surface area contributed by atoms with Crippen LogP contribution in [0.2, 0.25) is 0 Å². The van der Waals surface area contributed by atoms with Gasteiger partial charge in [-0.3, -0.25) is 4.90 Å². The van der Waals surface area contributed by atoms with Gasteiger partial charge in [0.15, 0.2) is 11.6 Å². The van der Waals surface area contributed by atoms with Gasteiger partial charge in [0, 0.05) is 39.0 Å². The highest BCUT2D eigenvalue weighted by molar-refractivity contribution is 6.26. The first-order valence-corrected chi connectivity index (χ1v) is 22.7. The fraction of sp³-hybridized carbons (Fsp3) is 0. The van der Waals surface area contributed by atoms with Crippen LogP contribution in [0.5, 0.6) is 0 Å². The molecule has 0 saturated heterocycles. The van der Waals surface area contributed by atoms with Gasteiger partial charge in [0.1, 0.15) is 0 Å². The van der Waals surface area contributed by atoms with E-state index in [0.717, 1.165) is 66.4 Å². The molecule has 0 saturated carbocycles. The number of benzene rings is 11. The molecule has 0 aliphatic heterocycles. The molecule has 6 nitrogen and oxygen atoms in total. The number of fused-ring (bicyclic) bond motifs is 2. The molecule has 6 heteroatoms. The Labute approximate surface area is 392 Å². The van der Waals surface area contributed by atoms with Crippen LogP contribution >= 0.6 is 0 Å². The van der Waals surface area contributed by atoms with Crippen LogP contribution in [0.1, 0.15) is 5.56 Å². The van der Waals surface area contributed by atoms with Crippen molar-refractivity contribution < 1.29 is 0 Å². The van der Waals surface area contributed by atoms with Crippen molar-refractivity contribution >= 4 is 71.4 Å². The lowest BCUT2D eigenvalue weighted by atomic mass is 9.93. The second kappa shape index (κ2) is 15.9. The Morgan fingerprint density at radius 1 is 0.382 bits per heavy atom. The fourth-order valence-electron chi connectivity index (χ4n) is 9.89. The first kappa shape index (κ1) is 39.0. The minimum absolute atomic E-state index is 0.460. The molecule has 0 radical (unpaired) electrons. The average Bonchev–Trinajstić information content (AvgIpc) is 3.76. The molecule has 0 unspecified atom stereocenters. The van der Waals surface area contributed by atoms with E-state index in [0.29, 0.717) is 23.2 Å². The molecule has 0 atom stereocenters. The van der Waals surface area contributed by atoms with Crippen molar-refractivity contribution in [3.05, 3.63) is 236 Å².